The van der Waals surface area contributed by atoms with E-state index < -0.39 is 0 Å². The van der Waals surface area contributed by atoms with Crippen LogP contribution in [0.1, 0.15) is 19.8 Å². The monoisotopic (exact) mass is 396 g/mol. The molecule has 5 rings (SSSR count). The Bertz CT molecular complexity index is 1010. The number of H-pyrrole nitrogens is 1. The summed E-state index contributed by atoms with van der Waals surface area (Å²) >= 11 is 0. The molecule has 0 spiro atoms. The van der Waals surface area contributed by atoms with Crippen molar-refractivity contribution in [2.24, 2.45) is 11.8 Å². The van der Waals surface area contributed by atoms with Gasteiger partial charge in [-0.2, -0.15) is 4.80 Å². The van der Waals surface area contributed by atoms with Crippen LogP contribution in [0.5, 0.6) is 0 Å². The Morgan fingerprint density at radius 3 is 2.83 bits per heavy atom. The van der Waals surface area contributed by atoms with Gasteiger partial charge in [0.25, 0.3) is 5.95 Å². The third-order valence-corrected chi connectivity index (χ3v) is 6.18. The third kappa shape index (κ3) is 3.15. The highest BCUT2D eigenvalue weighted by Crippen LogP contribution is 2.41. The van der Waals surface area contributed by atoms with E-state index in [0.717, 1.165) is 42.8 Å². The van der Waals surface area contributed by atoms with Crippen molar-refractivity contribution >= 4 is 28.8 Å². The number of hydrogen-bond donors (Lipinski definition) is 2. The molecule has 0 unspecified atom stereocenters. The van der Waals surface area contributed by atoms with Crippen LogP contribution >= 0.6 is 0 Å². The first-order chi connectivity index (χ1) is 14.1. The second-order valence-corrected chi connectivity index (χ2v) is 7.83. The van der Waals surface area contributed by atoms with Crippen molar-refractivity contribution < 1.29 is 4.79 Å². The summed E-state index contributed by atoms with van der Waals surface area (Å²) in [6.45, 7) is 4.05. The number of hydrogen-bond acceptors (Lipinski definition) is 7. The van der Waals surface area contributed by atoms with Crippen LogP contribution in [0.3, 0.4) is 0 Å². The molecule has 1 saturated carbocycles. The van der Waals surface area contributed by atoms with Crippen molar-refractivity contribution in [3.8, 4) is 0 Å². The van der Waals surface area contributed by atoms with Crippen LogP contribution in [0.15, 0.2) is 18.6 Å². The number of nitrogens with zero attached hydrogens (tertiary/aromatic N) is 8. The minimum Gasteiger partial charge on any atom is -0.356 e. The maximum Gasteiger partial charge on any atom is 0.324 e. The molecule has 152 valence electrons. The largest absolute Gasteiger partial charge is 0.356 e. The average Bonchev–Trinajstić information content (AvgIpc) is 3.48. The van der Waals surface area contributed by atoms with Crippen molar-refractivity contribution in [1.82, 2.24) is 40.1 Å². The van der Waals surface area contributed by atoms with Gasteiger partial charge < -0.3 is 14.8 Å². The zero-order valence-electron chi connectivity index (χ0n) is 16.5. The van der Waals surface area contributed by atoms with Crippen molar-refractivity contribution in [2.75, 3.05) is 30.4 Å². The predicted molar refractivity (Wildman–Crippen MR) is 106 cm³/mol. The zero-order chi connectivity index (χ0) is 20.0. The lowest BCUT2D eigenvalue weighted by molar-refractivity contribution is 0.218. The fraction of sp³-hybridized carbons (Fsp3) is 0.556. The predicted octanol–water partition coefficient (Wildman–Crippen LogP) is 1.34. The molecule has 2 fully saturated rings. The first-order valence-corrected chi connectivity index (χ1v) is 9.97. The van der Waals surface area contributed by atoms with Crippen molar-refractivity contribution in [3.05, 3.63) is 18.6 Å². The van der Waals surface area contributed by atoms with Gasteiger partial charge in [0.15, 0.2) is 0 Å². The molecule has 0 bridgehead atoms. The summed E-state index contributed by atoms with van der Waals surface area (Å²) in [5.41, 5.74) is 0.858. The van der Waals surface area contributed by atoms with Gasteiger partial charge in [-0.3, -0.25) is 5.32 Å². The Labute approximate surface area is 167 Å². The van der Waals surface area contributed by atoms with E-state index in [4.69, 9.17) is 0 Å². The number of aromatic nitrogens is 7. The molecule has 3 atom stereocenters. The number of rotatable bonds is 4. The van der Waals surface area contributed by atoms with Gasteiger partial charge in [-0.25, -0.2) is 14.8 Å². The van der Waals surface area contributed by atoms with Crippen LogP contribution in [0, 0.1) is 11.8 Å². The Balaban J connectivity index is 1.21. The molecule has 1 saturated heterocycles. The van der Waals surface area contributed by atoms with Gasteiger partial charge >= 0.3 is 6.03 Å². The lowest BCUT2D eigenvalue weighted by atomic mass is 10.0. The van der Waals surface area contributed by atoms with Crippen LogP contribution in [-0.2, 0) is 6.54 Å². The molecule has 2 amide bonds. The highest BCUT2D eigenvalue weighted by Gasteiger charge is 2.44. The molecule has 0 radical (unpaired) electrons. The Morgan fingerprint density at radius 2 is 2.10 bits per heavy atom. The van der Waals surface area contributed by atoms with Crippen LogP contribution < -0.4 is 10.2 Å². The molecule has 11 nitrogen and oxygen atoms in total. The van der Waals surface area contributed by atoms with Gasteiger partial charge in [0.1, 0.15) is 17.8 Å². The van der Waals surface area contributed by atoms with Crippen LogP contribution in [-0.4, -0.2) is 72.3 Å². The van der Waals surface area contributed by atoms with E-state index in [9.17, 15) is 4.79 Å². The number of fused-ring (bicyclic) bond motifs is 2. The van der Waals surface area contributed by atoms with Gasteiger partial charge in [0, 0.05) is 32.4 Å². The van der Waals surface area contributed by atoms with Crippen LogP contribution in [0.2, 0.25) is 0 Å². The second kappa shape index (κ2) is 6.98. The molecule has 1 aliphatic carbocycles. The molecule has 29 heavy (non-hydrogen) atoms. The normalized spacial score (nSPS) is 23.5. The quantitative estimate of drug-likeness (QED) is 0.683. The van der Waals surface area contributed by atoms with E-state index in [0.29, 0.717) is 24.4 Å². The lowest BCUT2D eigenvalue weighted by Crippen LogP contribution is -2.36. The first kappa shape index (κ1) is 17.8. The number of nitrogens with one attached hydrogen (secondary N) is 2. The van der Waals surface area contributed by atoms with Gasteiger partial charge in [0.2, 0.25) is 0 Å². The maximum atomic E-state index is 12.6. The highest BCUT2D eigenvalue weighted by atomic mass is 16.2. The number of tetrazole rings is 1. The number of aromatic amines is 1. The summed E-state index contributed by atoms with van der Waals surface area (Å²) < 4.78 is 0. The molecular formula is C18H24N10O. The number of aryl methyl sites for hydroxylation is 1. The number of amides is 2. The minimum atomic E-state index is -0.148. The fourth-order valence-corrected chi connectivity index (χ4v) is 4.66. The number of carbonyl (C=O) groups excluding carboxylic acids is 1. The van der Waals surface area contributed by atoms with Crippen molar-refractivity contribution in [1.29, 1.82) is 0 Å². The topological polar surface area (TPSA) is 121 Å². The molecule has 3 aromatic heterocycles. The molecule has 11 heteroatoms. The SMILES string of the molecule is CCn1nnc(NC(=O)N2C[C@H]3C[C@H](N(C)c4ncnc5[nH]ccc45)C[C@H]3C2)n1. The van der Waals surface area contributed by atoms with Gasteiger partial charge in [-0.15, -0.1) is 5.10 Å². The summed E-state index contributed by atoms with van der Waals surface area (Å²) in [5, 5.41) is 15.6. The minimum absolute atomic E-state index is 0.148. The number of anilines is 2. The molecule has 3 aromatic rings. The van der Waals surface area contributed by atoms with Crippen LogP contribution in [0.25, 0.3) is 11.0 Å². The molecule has 1 aliphatic heterocycles. The summed E-state index contributed by atoms with van der Waals surface area (Å²) in [5.74, 6) is 2.21. The summed E-state index contributed by atoms with van der Waals surface area (Å²) in [7, 11) is 2.10. The highest BCUT2D eigenvalue weighted by molar-refractivity contribution is 5.88. The second-order valence-electron chi connectivity index (χ2n) is 7.83. The van der Waals surface area contributed by atoms with E-state index in [1.54, 1.807) is 6.33 Å². The molecule has 2 aliphatic rings. The van der Waals surface area contributed by atoms with E-state index in [-0.39, 0.29) is 12.0 Å². The molecule has 4 heterocycles. The fourth-order valence-electron chi connectivity index (χ4n) is 4.66. The number of urea groups is 1. The van der Waals surface area contributed by atoms with Gasteiger partial charge in [-0.1, -0.05) is 5.10 Å². The van der Waals surface area contributed by atoms with E-state index in [2.05, 4.69) is 47.6 Å². The Kier molecular flexibility index (Phi) is 4.29. The van der Waals surface area contributed by atoms with E-state index in [1.165, 1.54) is 4.80 Å². The van der Waals surface area contributed by atoms with E-state index in [1.807, 2.05) is 24.1 Å². The summed E-state index contributed by atoms with van der Waals surface area (Å²) in [4.78, 5) is 30.1. The van der Waals surface area contributed by atoms with Crippen molar-refractivity contribution in [2.45, 2.75) is 32.4 Å². The molecule has 2 N–H and O–H groups in total. The average molecular weight is 396 g/mol. The number of likely N-dealkylation sites (tertiary alicyclic amines) is 1. The molecular weight excluding hydrogens is 372 g/mol. The number of carbonyl (C=O) groups is 1. The van der Waals surface area contributed by atoms with Gasteiger partial charge in [-0.05, 0) is 42.9 Å². The third-order valence-electron chi connectivity index (χ3n) is 6.18. The summed E-state index contributed by atoms with van der Waals surface area (Å²) in [6, 6.07) is 2.28. The lowest BCUT2D eigenvalue weighted by Gasteiger charge is -2.27. The first-order valence-electron chi connectivity index (χ1n) is 9.97. The Morgan fingerprint density at radius 1 is 1.31 bits per heavy atom. The standard InChI is InChI=1S/C18H24N10O/c1-3-28-24-17(23-25-28)22-18(29)27-8-11-6-13(7-12(11)9-27)26(2)16-14-4-5-19-15(14)20-10-21-16/h4-5,10-13H,3,6-9H2,1-2H3,(H,19,20,21)(H,22,24,29)/t11-,12+,13+. The molecule has 0 aromatic carbocycles. The Hall–Kier alpha value is -3.24. The zero-order valence-corrected chi connectivity index (χ0v) is 16.5. The smallest absolute Gasteiger partial charge is 0.324 e. The maximum absolute atomic E-state index is 12.6. The summed E-state index contributed by atoms with van der Waals surface area (Å²) in [6.07, 6.45) is 5.59. The van der Waals surface area contributed by atoms with Crippen molar-refractivity contribution in [3.63, 3.8) is 0 Å². The van der Waals surface area contributed by atoms with Crippen LogP contribution in [0.4, 0.5) is 16.6 Å². The van der Waals surface area contributed by atoms with Gasteiger partial charge in [0.05, 0.1) is 11.9 Å². The van der Waals surface area contributed by atoms with E-state index >= 15 is 0 Å².